The van der Waals surface area contributed by atoms with Crippen molar-refractivity contribution in [1.29, 1.82) is 0 Å². The van der Waals surface area contributed by atoms with Gasteiger partial charge in [-0.1, -0.05) is 18.2 Å². The van der Waals surface area contributed by atoms with Crippen molar-refractivity contribution >= 4 is 29.0 Å². The molecule has 0 aliphatic rings. The number of nitrogens with one attached hydrogen (secondary N) is 1. The minimum Gasteiger partial charge on any atom is -0.461 e. The number of hydrogen-bond acceptors (Lipinski definition) is 6. The molecule has 8 heteroatoms. The molecule has 0 radical (unpaired) electrons. The summed E-state index contributed by atoms with van der Waals surface area (Å²) >= 11 is 1.32. The van der Waals surface area contributed by atoms with E-state index < -0.39 is 5.97 Å². The zero-order valence-electron chi connectivity index (χ0n) is 16.1. The van der Waals surface area contributed by atoms with Crippen molar-refractivity contribution in [2.24, 2.45) is 0 Å². The first-order valence-electron chi connectivity index (χ1n) is 8.68. The number of nitrogens with zero attached hydrogens (tertiary/aromatic N) is 2. The molecule has 0 aliphatic heterocycles. The highest BCUT2D eigenvalue weighted by Gasteiger charge is 2.19. The molecule has 0 spiro atoms. The van der Waals surface area contributed by atoms with Gasteiger partial charge in [-0.2, -0.15) is 0 Å². The van der Waals surface area contributed by atoms with Gasteiger partial charge in [-0.3, -0.25) is 0 Å². The molecule has 1 aromatic carbocycles. The molecule has 2 rings (SSSR count). The first kappa shape index (κ1) is 20.9. The maximum absolute atomic E-state index is 12.8. The minimum absolute atomic E-state index is 0.239. The zero-order valence-corrected chi connectivity index (χ0v) is 16.9. The van der Waals surface area contributed by atoms with Gasteiger partial charge in [-0.25, -0.2) is 14.6 Å². The summed E-state index contributed by atoms with van der Waals surface area (Å²) in [6, 6.07) is 5.62. The van der Waals surface area contributed by atoms with Gasteiger partial charge in [0, 0.05) is 24.7 Å². The number of aryl methyl sites for hydroxylation is 2. The van der Waals surface area contributed by atoms with Gasteiger partial charge in [0.15, 0.2) is 5.69 Å². The highest BCUT2D eigenvalue weighted by atomic mass is 32.1. The quantitative estimate of drug-likeness (QED) is 0.695. The van der Waals surface area contributed by atoms with Crippen molar-refractivity contribution in [3.8, 4) is 0 Å². The molecule has 0 aliphatic carbocycles. The number of carbonyl (C=O) groups excluding carboxylic acids is 2. The van der Waals surface area contributed by atoms with Gasteiger partial charge in [0.2, 0.25) is 0 Å². The molecular formula is C19H25N3O4S. The Bertz CT molecular complexity index is 771. The lowest BCUT2D eigenvalue weighted by Gasteiger charge is -2.23. The Morgan fingerprint density at radius 1 is 1.26 bits per heavy atom. The van der Waals surface area contributed by atoms with Crippen molar-refractivity contribution in [2.45, 2.75) is 27.3 Å². The van der Waals surface area contributed by atoms with Crippen LogP contribution in [0.2, 0.25) is 0 Å². The molecule has 1 heterocycles. The monoisotopic (exact) mass is 391 g/mol. The number of hydrogen-bond donors (Lipinski definition) is 1. The lowest BCUT2D eigenvalue weighted by atomic mass is 10.1. The summed E-state index contributed by atoms with van der Waals surface area (Å²) in [6.45, 7) is 7.03. The van der Waals surface area contributed by atoms with Crippen LogP contribution in [0.5, 0.6) is 0 Å². The number of esters is 1. The Hall–Kier alpha value is -2.45. The number of methoxy groups -OCH3 is 1. The van der Waals surface area contributed by atoms with Crippen LogP contribution in [-0.2, 0) is 16.0 Å². The molecule has 0 unspecified atom stereocenters. The van der Waals surface area contributed by atoms with Crippen LogP contribution < -0.4 is 5.32 Å². The van der Waals surface area contributed by atoms with Crippen LogP contribution in [0, 0.1) is 13.8 Å². The molecule has 7 nitrogen and oxygen atoms in total. The molecule has 0 atom stereocenters. The van der Waals surface area contributed by atoms with E-state index in [1.165, 1.54) is 11.3 Å². The van der Waals surface area contributed by atoms with E-state index >= 15 is 0 Å². The van der Waals surface area contributed by atoms with Gasteiger partial charge in [0.25, 0.3) is 0 Å². The number of benzene rings is 1. The van der Waals surface area contributed by atoms with Gasteiger partial charge in [-0.05, 0) is 31.9 Å². The molecular weight excluding hydrogens is 366 g/mol. The Kier molecular flexibility index (Phi) is 7.75. The highest BCUT2D eigenvalue weighted by molar-refractivity contribution is 7.09. The lowest BCUT2D eigenvalue weighted by Crippen LogP contribution is -2.37. The fraction of sp³-hybridized carbons (Fsp3) is 0.421. The fourth-order valence-corrected chi connectivity index (χ4v) is 3.28. The number of carbonyl (C=O) groups is 2. The average Bonchev–Trinajstić information content (AvgIpc) is 3.10. The van der Waals surface area contributed by atoms with E-state index in [9.17, 15) is 9.59 Å². The van der Waals surface area contributed by atoms with E-state index in [0.717, 1.165) is 16.8 Å². The maximum Gasteiger partial charge on any atom is 0.357 e. The van der Waals surface area contributed by atoms with E-state index in [-0.39, 0.29) is 18.3 Å². The number of anilines is 1. The zero-order chi connectivity index (χ0) is 19.8. The standard InChI is InChI=1S/C19H25N3O4S/c1-5-26-18(23)15-12-27-16(20-15)11-22(9-10-25-4)19(24)21-17-13(2)7-6-8-14(17)3/h6-8,12H,5,9-11H2,1-4H3,(H,21,24). The molecule has 146 valence electrons. The van der Waals surface area contributed by atoms with Gasteiger partial charge >= 0.3 is 12.0 Å². The first-order valence-corrected chi connectivity index (χ1v) is 9.56. The predicted octanol–water partition coefficient (Wildman–Crippen LogP) is 3.62. The highest BCUT2D eigenvalue weighted by Crippen LogP contribution is 2.21. The summed E-state index contributed by atoms with van der Waals surface area (Å²) in [6.07, 6.45) is 0. The third-order valence-electron chi connectivity index (χ3n) is 3.93. The largest absolute Gasteiger partial charge is 0.461 e. The number of rotatable bonds is 8. The molecule has 27 heavy (non-hydrogen) atoms. The van der Waals surface area contributed by atoms with Crippen LogP contribution in [0.15, 0.2) is 23.6 Å². The van der Waals surface area contributed by atoms with Crippen LogP contribution in [0.25, 0.3) is 0 Å². The van der Waals surface area contributed by atoms with Crippen molar-refractivity contribution in [2.75, 3.05) is 32.2 Å². The van der Waals surface area contributed by atoms with E-state index in [1.807, 2.05) is 32.0 Å². The molecule has 1 N–H and O–H groups in total. The van der Waals surface area contributed by atoms with Crippen molar-refractivity contribution in [3.63, 3.8) is 0 Å². The Morgan fingerprint density at radius 2 is 1.96 bits per heavy atom. The van der Waals surface area contributed by atoms with E-state index in [2.05, 4.69) is 10.3 Å². The lowest BCUT2D eigenvalue weighted by molar-refractivity contribution is 0.0520. The summed E-state index contributed by atoms with van der Waals surface area (Å²) in [5, 5.41) is 5.28. The van der Waals surface area contributed by atoms with Crippen LogP contribution in [-0.4, -0.2) is 48.8 Å². The van der Waals surface area contributed by atoms with Gasteiger partial charge < -0.3 is 19.7 Å². The van der Waals surface area contributed by atoms with Gasteiger partial charge in [0.05, 0.1) is 19.8 Å². The van der Waals surface area contributed by atoms with E-state index in [4.69, 9.17) is 9.47 Å². The Balaban J connectivity index is 2.12. The molecule has 2 aromatic rings. The minimum atomic E-state index is -0.455. The van der Waals surface area contributed by atoms with Crippen LogP contribution in [0.1, 0.15) is 33.5 Å². The summed E-state index contributed by atoms with van der Waals surface area (Å²) in [5.74, 6) is -0.455. The van der Waals surface area contributed by atoms with Crippen LogP contribution in [0.3, 0.4) is 0 Å². The number of ether oxygens (including phenoxy) is 2. The summed E-state index contributed by atoms with van der Waals surface area (Å²) in [7, 11) is 1.59. The van der Waals surface area contributed by atoms with Crippen molar-refractivity contribution in [3.05, 3.63) is 45.4 Å². The van der Waals surface area contributed by atoms with Gasteiger partial charge in [-0.15, -0.1) is 11.3 Å². The third-order valence-corrected chi connectivity index (χ3v) is 4.76. The second-order valence-electron chi connectivity index (χ2n) is 5.96. The normalized spacial score (nSPS) is 10.5. The van der Waals surface area contributed by atoms with Crippen molar-refractivity contribution < 1.29 is 19.1 Å². The van der Waals surface area contributed by atoms with Crippen LogP contribution in [0.4, 0.5) is 10.5 Å². The Labute approximate surface area is 163 Å². The maximum atomic E-state index is 12.8. The number of amides is 2. The smallest absolute Gasteiger partial charge is 0.357 e. The molecule has 0 bridgehead atoms. The molecule has 0 saturated heterocycles. The van der Waals surface area contributed by atoms with Crippen LogP contribution >= 0.6 is 11.3 Å². The predicted molar refractivity (Wildman–Crippen MR) is 105 cm³/mol. The molecule has 1 aromatic heterocycles. The Morgan fingerprint density at radius 3 is 2.59 bits per heavy atom. The fourth-order valence-electron chi connectivity index (χ4n) is 2.50. The van der Waals surface area contributed by atoms with E-state index in [1.54, 1.807) is 24.3 Å². The van der Waals surface area contributed by atoms with E-state index in [0.29, 0.717) is 24.8 Å². The summed E-state index contributed by atoms with van der Waals surface area (Å²) in [4.78, 5) is 30.5. The number of para-hydroxylation sites is 1. The third kappa shape index (κ3) is 5.77. The number of aromatic nitrogens is 1. The summed E-state index contributed by atoms with van der Waals surface area (Å²) in [5.41, 5.74) is 3.05. The SMILES string of the molecule is CCOC(=O)c1csc(CN(CCOC)C(=O)Nc2c(C)cccc2C)n1. The second kappa shape index (κ2) is 10.0. The van der Waals surface area contributed by atoms with Gasteiger partial charge in [0.1, 0.15) is 5.01 Å². The average molecular weight is 391 g/mol. The molecule has 2 amide bonds. The molecule has 0 saturated carbocycles. The summed E-state index contributed by atoms with van der Waals surface area (Å²) < 4.78 is 10.1. The molecule has 0 fully saturated rings. The first-order chi connectivity index (χ1) is 13.0. The number of urea groups is 1. The second-order valence-corrected chi connectivity index (χ2v) is 6.90. The van der Waals surface area contributed by atoms with Crippen molar-refractivity contribution in [1.82, 2.24) is 9.88 Å². The topological polar surface area (TPSA) is 80.8 Å². The number of thiazole rings is 1.